The smallest absolute Gasteiger partial charge is 0.338 e. The lowest BCUT2D eigenvalue weighted by Gasteiger charge is -2.06. The third-order valence-corrected chi connectivity index (χ3v) is 3.51. The molecule has 1 heterocycles. The lowest BCUT2D eigenvalue weighted by atomic mass is 10.2. The van der Waals surface area contributed by atoms with Gasteiger partial charge in [0.05, 0.1) is 10.5 Å². The zero-order valence-corrected chi connectivity index (χ0v) is 10.0. The Balaban J connectivity index is 2.41. The number of rotatable bonds is 4. The molecule has 0 aliphatic carbocycles. The highest BCUT2D eigenvalue weighted by molar-refractivity contribution is 7.92. The highest BCUT2D eigenvalue weighted by Crippen LogP contribution is 2.18. The van der Waals surface area contributed by atoms with Crippen molar-refractivity contribution in [3.05, 3.63) is 41.9 Å². The molecule has 100 valence electrons. The van der Waals surface area contributed by atoms with Crippen molar-refractivity contribution in [1.82, 2.24) is 5.16 Å². The third kappa shape index (κ3) is 2.71. The second-order valence-corrected chi connectivity index (χ2v) is 5.12. The van der Waals surface area contributed by atoms with Gasteiger partial charge in [-0.05, 0) is 18.2 Å². The molecule has 0 saturated heterocycles. The van der Waals surface area contributed by atoms with Crippen LogP contribution in [0.5, 0.6) is 0 Å². The Labute approximate surface area is 106 Å². The molecule has 0 atom stereocenters. The molecule has 2 rings (SSSR count). The van der Waals surface area contributed by atoms with Gasteiger partial charge in [0, 0.05) is 6.07 Å². The SMILES string of the molecule is O=C(O)c1cc(S(=O)(=O)Nc2ccon2)ccc1F. The minimum atomic E-state index is -4.06. The first kappa shape index (κ1) is 13.0. The number of carboxylic acid groups (broad SMARTS) is 1. The van der Waals surface area contributed by atoms with Gasteiger partial charge in [0.2, 0.25) is 0 Å². The van der Waals surface area contributed by atoms with Gasteiger partial charge in [0.15, 0.2) is 5.82 Å². The van der Waals surface area contributed by atoms with E-state index in [4.69, 9.17) is 5.11 Å². The van der Waals surface area contributed by atoms with E-state index >= 15 is 0 Å². The van der Waals surface area contributed by atoms with Gasteiger partial charge >= 0.3 is 5.97 Å². The van der Waals surface area contributed by atoms with Crippen LogP contribution in [0.4, 0.5) is 10.2 Å². The molecule has 0 amide bonds. The molecule has 0 spiro atoms. The highest BCUT2D eigenvalue weighted by Gasteiger charge is 2.19. The topological polar surface area (TPSA) is 110 Å². The first-order valence-corrected chi connectivity index (χ1v) is 6.34. The van der Waals surface area contributed by atoms with Crippen molar-refractivity contribution >= 4 is 21.8 Å². The average molecular weight is 286 g/mol. The number of nitrogens with zero attached hydrogens (tertiary/aromatic N) is 1. The van der Waals surface area contributed by atoms with Gasteiger partial charge in [-0.25, -0.2) is 17.6 Å². The summed E-state index contributed by atoms with van der Waals surface area (Å²) in [5.74, 6) is -2.65. The second-order valence-electron chi connectivity index (χ2n) is 3.44. The van der Waals surface area contributed by atoms with Gasteiger partial charge in [0.25, 0.3) is 10.0 Å². The van der Waals surface area contributed by atoms with E-state index in [-0.39, 0.29) is 5.82 Å². The Hall–Kier alpha value is -2.42. The summed E-state index contributed by atoms with van der Waals surface area (Å²) in [6.45, 7) is 0. The predicted octanol–water partition coefficient (Wildman–Crippen LogP) is 1.31. The fourth-order valence-corrected chi connectivity index (χ4v) is 2.32. The molecule has 0 fully saturated rings. The van der Waals surface area contributed by atoms with Crippen LogP contribution in [0.1, 0.15) is 10.4 Å². The largest absolute Gasteiger partial charge is 0.478 e. The Bertz CT molecular complexity index is 712. The molecule has 0 unspecified atom stereocenters. The van der Waals surface area contributed by atoms with Crippen LogP contribution in [-0.4, -0.2) is 24.7 Å². The standard InChI is InChI=1S/C10H7FN2O5S/c11-8-2-1-6(5-7(8)10(14)15)19(16,17)13-9-3-4-18-12-9/h1-5H,(H,12,13)(H,14,15). The van der Waals surface area contributed by atoms with Gasteiger partial charge in [0.1, 0.15) is 12.1 Å². The quantitative estimate of drug-likeness (QED) is 0.877. The molecule has 7 nitrogen and oxygen atoms in total. The summed E-state index contributed by atoms with van der Waals surface area (Å²) in [6, 6.07) is 3.70. The van der Waals surface area contributed by atoms with Gasteiger partial charge in [-0.2, -0.15) is 0 Å². The third-order valence-electron chi connectivity index (χ3n) is 2.16. The minimum Gasteiger partial charge on any atom is -0.478 e. The van der Waals surface area contributed by atoms with Crippen LogP contribution in [-0.2, 0) is 10.0 Å². The van der Waals surface area contributed by atoms with Crippen molar-refractivity contribution in [1.29, 1.82) is 0 Å². The molecular weight excluding hydrogens is 279 g/mol. The van der Waals surface area contributed by atoms with E-state index in [0.29, 0.717) is 0 Å². The monoisotopic (exact) mass is 286 g/mol. The van der Waals surface area contributed by atoms with Crippen molar-refractivity contribution in [2.75, 3.05) is 4.72 Å². The summed E-state index contributed by atoms with van der Waals surface area (Å²) < 4.78 is 43.4. The molecular formula is C10H7FN2O5S. The number of hydrogen-bond acceptors (Lipinski definition) is 5. The predicted molar refractivity (Wildman–Crippen MR) is 60.7 cm³/mol. The van der Waals surface area contributed by atoms with Crippen LogP contribution in [0.25, 0.3) is 0 Å². The lowest BCUT2D eigenvalue weighted by molar-refractivity contribution is 0.0691. The Kier molecular flexibility index (Phi) is 3.21. The number of aromatic carboxylic acids is 1. The average Bonchev–Trinajstić information content (AvgIpc) is 2.80. The van der Waals surface area contributed by atoms with Crippen molar-refractivity contribution in [3.8, 4) is 0 Å². The Morgan fingerprint density at radius 1 is 1.37 bits per heavy atom. The maximum atomic E-state index is 13.2. The highest BCUT2D eigenvalue weighted by atomic mass is 32.2. The number of benzene rings is 1. The Morgan fingerprint density at radius 3 is 2.68 bits per heavy atom. The first-order valence-electron chi connectivity index (χ1n) is 4.86. The number of carbonyl (C=O) groups is 1. The zero-order valence-electron chi connectivity index (χ0n) is 9.20. The molecule has 0 bridgehead atoms. The van der Waals surface area contributed by atoms with E-state index in [9.17, 15) is 17.6 Å². The van der Waals surface area contributed by atoms with Crippen molar-refractivity contribution in [3.63, 3.8) is 0 Å². The molecule has 0 saturated carbocycles. The minimum absolute atomic E-state index is 0.0683. The van der Waals surface area contributed by atoms with Crippen LogP contribution in [0.3, 0.4) is 0 Å². The second kappa shape index (κ2) is 4.69. The summed E-state index contributed by atoms with van der Waals surface area (Å²) in [5.41, 5.74) is -0.733. The van der Waals surface area contributed by atoms with E-state index in [1.165, 1.54) is 6.07 Å². The molecule has 2 N–H and O–H groups in total. The maximum absolute atomic E-state index is 13.2. The molecule has 2 aromatic rings. The van der Waals surface area contributed by atoms with Crippen LogP contribution in [0.15, 0.2) is 39.9 Å². The number of sulfonamides is 1. The summed E-state index contributed by atoms with van der Waals surface area (Å²) in [7, 11) is -4.06. The van der Waals surface area contributed by atoms with E-state index in [1.54, 1.807) is 0 Å². The molecule has 1 aromatic carbocycles. The summed E-state index contributed by atoms with van der Waals surface area (Å²) in [5, 5.41) is 12.1. The summed E-state index contributed by atoms with van der Waals surface area (Å²) in [4.78, 5) is 10.3. The van der Waals surface area contributed by atoms with Crippen LogP contribution < -0.4 is 4.72 Å². The Morgan fingerprint density at radius 2 is 2.11 bits per heavy atom. The van der Waals surface area contributed by atoms with E-state index in [1.807, 2.05) is 0 Å². The van der Waals surface area contributed by atoms with E-state index < -0.39 is 32.3 Å². The van der Waals surface area contributed by atoms with E-state index in [0.717, 1.165) is 24.5 Å². The van der Waals surface area contributed by atoms with Crippen LogP contribution in [0, 0.1) is 5.82 Å². The van der Waals surface area contributed by atoms with Crippen LogP contribution >= 0.6 is 0 Å². The zero-order chi connectivity index (χ0) is 14.0. The molecule has 0 radical (unpaired) electrons. The number of halogens is 1. The molecule has 0 aliphatic rings. The van der Waals surface area contributed by atoms with Crippen LogP contribution in [0.2, 0.25) is 0 Å². The van der Waals surface area contributed by atoms with E-state index in [2.05, 4.69) is 14.4 Å². The lowest BCUT2D eigenvalue weighted by Crippen LogP contribution is -2.14. The van der Waals surface area contributed by atoms with Crippen molar-refractivity contribution in [2.45, 2.75) is 4.90 Å². The number of aromatic nitrogens is 1. The number of nitrogens with one attached hydrogen (secondary N) is 1. The van der Waals surface area contributed by atoms with Crippen molar-refractivity contribution < 1.29 is 27.2 Å². The molecule has 9 heteroatoms. The van der Waals surface area contributed by atoms with Gasteiger partial charge < -0.3 is 9.63 Å². The molecule has 1 aromatic heterocycles. The number of hydrogen-bond donors (Lipinski definition) is 2. The van der Waals surface area contributed by atoms with Gasteiger partial charge in [-0.1, -0.05) is 5.16 Å². The molecule has 19 heavy (non-hydrogen) atoms. The molecule has 0 aliphatic heterocycles. The fourth-order valence-electron chi connectivity index (χ4n) is 1.30. The summed E-state index contributed by atoms with van der Waals surface area (Å²) >= 11 is 0. The first-order chi connectivity index (χ1) is 8.90. The van der Waals surface area contributed by atoms with Crippen molar-refractivity contribution in [2.24, 2.45) is 0 Å². The fraction of sp³-hybridized carbons (Fsp3) is 0. The number of anilines is 1. The summed E-state index contributed by atoms with van der Waals surface area (Å²) in [6.07, 6.45) is 1.16. The van der Waals surface area contributed by atoms with Gasteiger partial charge in [-0.15, -0.1) is 0 Å². The number of carboxylic acids is 1. The maximum Gasteiger partial charge on any atom is 0.338 e. The van der Waals surface area contributed by atoms with Gasteiger partial charge in [-0.3, -0.25) is 4.72 Å². The normalized spacial score (nSPS) is 11.2.